The van der Waals surface area contributed by atoms with Crippen LogP contribution in [0.2, 0.25) is 0 Å². The Bertz CT molecular complexity index is 385. The number of ketones is 1. The smallest absolute Gasteiger partial charge is 0.182 e. The number of carbonyl (C=O) groups is 1. The van der Waals surface area contributed by atoms with Gasteiger partial charge in [-0.05, 0) is 25.5 Å². The van der Waals surface area contributed by atoms with Gasteiger partial charge in [-0.2, -0.15) is 0 Å². The number of alkyl halides is 2. The largest absolute Gasteiger partial charge is 0.296 e. The number of hydrogen-bond acceptors (Lipinski definition) is 2. The molecule has 0 aliphatic rings. The second kappa shape index (κ2) is 4.41. The zero-order chi connectivity index (χ0) is 11.6. The Kier molecular flexibility index (Phi) is 3.62. The van der Waals surface area contributed by atoms with Crippen LogP contribution in [0, 0.1) is 6.92 Å². The van der Waals surface area contributed by atoms with Crippen molar-refractivity contribution in [3.05, 3.63) is 34.9 Å². The summed E-state index contributed by atoms with van der Waals surface area (Å²) in [6, 6.07) is 4.89. The van der Waals surface area contributed by atoms with Crippen LogP contribution in [-0.2, 0) is 5.79 Å². The minimum atomic E-state index is -1.91. The molecule has 0 heterocycles. The topological polar surface area (TPSA) is 43.1 Å². The molecule has 1 rings (SSSR count). The van der Waals surface area contributed by atoms with Gasteiger partial charge in [0.15, 0.2) is 11.6 Å². The molecular weight excluding hydrogens is 261 g/mol. The van der Waals surface area contributed by atoms with Gasteiger partial charge in [0.2, 0.25) is 0 Å². The van der Waals surface area contributed by atoms with E-state index in [2.05, 4.69) is 15.9 Å². The van der Waals surface area contributed by atoms with Crippen molar-refractivity contribution < 1.29 is 9.18 Å². The predicted molar refractivity (Wildman–Crippen MR) is 62.0 cm³/mol. The number of rotatable bonds is 3. The normalized spacial score (nSPS) is 14.7. The fourth-order valence-electron chi connectivity index (χ4n) is 1.40. The highest BCUT2D eigenvalue weighted by atomic mass is 79.9. The zero-order valence-electron chi connectivity index (χ0n) is 8.68. The average molecular weight is 274 g/mol. The van der Waals surface area contributed by atoms with E-state index in [0.29, 0.717) is 11.1 Å². The molecule has 1 aromatic rings. The molecular formula is C11H13BrFNO. The average Bonchev–Trinajstić information content (AvgIpc) is 2.15. The van der Waals surface area contributed by atoms with E-state index in [1.165, 1.54) is 13.0 Å². The lowest BCUT2D eigenvalue weighted by Crippen LogP contribution is -2.28. The van der Waals surface area contributed by atoms with E-state index >= 15 is 0 Å². The Morgan fingerprint density at radius 2 is 2.20 bits per heavy atom. The molecule has 0 aromatic heterocycles. The number of benzene rings is 1. The molecule has 0 aliphatic heterocycles. The van der Waals surface area contributed by atoms with Gasteiger partial charge in [0.25, 0.3) is 0 Å². The summed E-state index contributed by atoms with van der Waals surface area (Å²) >= 11 is 3.07. The van der Waals surface area contributed by atoms with E-state index < -0.39 is 5.79 Å². The lowest BCUT2D eigenvalue weighted by atomic mass is 9.97. The quantitative estimate of drug-likeness (QED) is 0.523. The monoisotopic (exact) mass is 273 g/mol. The lowest BCUT2D eigenvalue weighted by molar-refractivity contribution is 0.102. The fourth-order valence-corrected chi connectivity index (χ4v) is 1.72. The standard InChI is InChI=1S/C11H13BrFNO/c1-7-3-4-8(10(15)6-12)5-9(7)11(2,13)14/h3-5H,6,14H2,1-2H3. The van der Waals surface area contributed by atoms with E-state index in [1.54, 1.807) is 19.1 Å². The molecule has 1 aromatic carbocycles. The van der Waals surface area contributed by atoms with Gasteiger partial charge in [0.05, 0.1) is 5.33 Å². The molecule has 4 heteroatoms. The molecule has 0 aliphatic carbocycles. The van der Waals surface area contributed by atoms with Crippen LogP contribution < -0.4 is 5.73 Å². The van der Waals surface area contributed by atoms with E-state index in [1.807, 2.05) is 0 Å². The van der Waals surface area contributed by atoms with Crippen LogP contribution in [0.1, 0.15) is 28.4 Å². The molecule has 2 N–H and O–H groups in total. The summed E-state index contributed by atoms with van der Waals surface area (Å²) < 4.78 is 13.6. The van der Waals surface area contributed by atoms with Crippen molar-refractivity contribution in [2.24, 2.45) is 5.73 Å². The third-order valence-corrected chi connectivity index (χ3v) is 2.72. The van der Waals surface area contributed by atoms with Gasteiger partial charge in [-0.3, -0.25) is 10.5 Å². The number of Topliss-reactive ketones (excluding diaryl/α,β-unsaturated/α-hetero) is 1. The van der Waals surface area contributed by atoms with Gasteiger partial charge < -0.3 is 0 Å². The van der Waals surface area contributed by atoms with Gasteiger partial charge in [0, 0.05) is 11.1 Å². The molecule has 0 radical (unpaired) electrons. The number of hydrogen-bond donors (Lipinski definition) is 1. The molecule has 1 atom stereocenters. The molecule has 1 unspecified atom stereocenters. The van der Waals surface area contributed by atoms with Crippen molar-refractivity contribution in [2.75, 3.05) is 5.33 Å². The molecule has 0 fully saturated rings. The van der Waals surface area contributed by atoms with Gasteiger partial charge in [-0.25, -0.2) is 4.39 Å². The van der Waals surface area contributed by atoms with Crippen LogP contribution in [-0.4, -0.2) is 11.1 Å². The van der Waals surface area contributed by atoms with Gasteiger partial charge >= 0.3 is 0 Å². The Balaban J connectivity index is 3.23. The number of aryl methyl sites for hydroxylation is 1. The van der Waals surface area contributed by atoms with Crippen LogP contribution >= 0.6 is 15.9 Å². The highest BCUT2D eigenvalue weighted by Crippen LogP contribution is 2.24. The molecule has 82 valence electrons. The molecule has 0 saturated carbocycles. The van der Waals surface area contributed by atoms with E-state index in [9.17, 15) is 9.18 Å². The molecule has 0 spiro atoms. The number of carbonyl (C=O) groups excluding carboxylic acids is 1. The third-order valence-electron chi connectivity index (χ3n) is 2.21. The van der Waals surface area contributed by atoms with Gasteiger partial charge in [-0.15, -0.1) is 0 Å². The molecule has 2 nitrogen and oxygen atoms in total. The highest BCUT2D eigenvalue weighted by Gasteiger charge is 2.22. The summed E-state index contributed by atoms with van der Waals surface area (Å²) in [5.74, 6) is -1.99. The van der Waals surface area contributed by atoms with Crippen molar-refractivity contribution >= 4 is 21.7 Å². The zero-order valence-corrected chi connectivity index (χ0v) is 10.3. The van der Waals surface area contributed by atoms with Crippen molar-refractivity contribution in [3.8, 4) is 0 Å². The van der Waals surface area contributed by atoms with Crippen LogP contribution in [0.3, 0.4) is 0 Å². The summed E-state index contributed by atoms with van der Waals surface area (Å²) in [5.41, 5.74) is 6.95. The molecule has 0 saturated heterocycles. The predicted octanol–water partition coefficient (Wildman–Crippen LogP) is 2.67. The Labute approximate surface area is 96.8 Å². The summed E-state index contributed by atoms with van der Waals surface area (Å²) in [6.07, 6.45) is 0. The summed E-state index contributed by atoms with van der Waals surface area (Å²) in [7, 11) is 0. The summed E-state index contributed by atoms with van der Waals surface area (Å²) in [6.45, 7) is 3.04. The summed E-state index contributed by atoms with van der Waals surface area (Å²) in [4.78, 5) is 11.4. The lowest BCUT2D eigenvalue weighted by Gasteiger charge is -2.18. The Morgan fingerprint density at radius 1 is 1.60 bits per heavy atom. The Morgan fingerprint density at radius 3 is 2.67 bits per heavy atom. The maximum absolute atomic E-state index is 13.6. The summed E-state index contributed by atoms with van der Waals surface area (Å²) in [5, 5.41) is 0.225. The van der Waals surface area contributed by atoms with E-state index in [0.717, 1.165) is 5.56 Å². The number of nitrogens with two attached hydrogens (primary N) is 1. The molecule has 0 amide bonds. The first-order chi connectivity index (χ1) is 6.86. The third kappa shape index (κ3) is 2.86. The number of halogens is 2. The SMILES string of the molecule is Cc1ccc(C(=O)CBr)cc1C(C)(N)F. The Hall–Kier alpha value is -0.740. The molecule has 0 bridgehead atoms. The maximum Gasteiger partial charge on any atom is 0.182 e. The van der Waals surface area contributed by atoms with Crippen LogP contribution in [0.15, 0.2) is 18.2 Å². The van der Waals surface area contributed by atoms with Gasteiger partial charge in [-0.1, -0.05) is 28.1 Å². The first-order valence-corrected chi connectivity index (χ1v) is 5.66. The van der Waals surface area contributed by atoms with Gasteiger partial charge in [0.1, 0.15) is 0 Å². The van der Waals surface area contributed by atoms with Crippen molar-refractivity contribution in [2.45, 2.75) is 19.6 Å². The minimum absolute atomic E-state index is 0.0829. The van der Waals surface area contributed by atoms with Crippen LogP contribution in [0.5, 0.6) is 0 Å². The first-order valence-electron chi connectivity index (χ1n) is 4.54. The van der Waals surface area contributed by atoms with E-state index in [4.69, 9.17) is 5.73 Å². The first kappa shape index (κ1) is 12.3. The van der Waals surface area contributed by atoms with Crippen molar-refractivity contribution in [1.82, 2.24) is 0 Å². The van der Waals surface area contributed by atoms with Crippen molar-refractivity contribution in [1.29, 1.82) is 0 Å². The molecule has 15 heavy (non-hydrogen) atoms. The van der Waals surface area contributed by atoms with Crippen LogP contribution in [0.25, 0.3) is 0 Å². The fraction of sp³-hybridized carbons (Fsp3) is 0.364. The second-order valence-electron chi connectivity index (χ2n) is 3.66. The maximum atomic E-state index is 13.6. The highest BCUT2D eigenvalue weighted by molar-refractivity contribution is 9.09. The second-order valence-corrected chi connectivity index (χ2v) is 4.22. The van der Waals surface area contributed by atoms with E-state index in [-0.39, 0.29) is 11.1 Å². The van der Waals surface area contributed by atoms with Crippen molar-refractivity contribution in [3.63, 3.8) is 0 Å². The van der Waals surface area contributed by atoms with Crippen LogP contribution in [0.4, 0.5) is 4.39 Å². The minimum Gasteiger partial charge on any atom is -0.296 e.